The van der Waals surface area contributed by atoms with E-state index in [-0.39, 0.29) is 0 Å². The van der Waals surface area contributed by atoms with E-state index in [0.29, 0.717) is 28.9 Å². The van der Waals surface area contributed by atoms with Gasteiger partial charge in [0.25, 0.3) is 0 Å². The lowest BCUT2D eigenvalue weighted by Crippen LogP contribution is -2.20. The molecule has 1 heterocycles. The topological polar surface area (TPSA) is 67.1 Å². The summed E-state index contributed by atoms with van der Waals surface area (Å²) in [6.45, 7) is 5.42. The maximum Gasteiger partial charge on any atom is 0.161 e. The number of hydrogen-bond acceptors (Lipinski definition) is 5. The van der Waals surface area contributed by atoms with E-state index >= 15 is 0 Å². The van der Waals surface area contributed by atoms with Gasteiger partial charge in [-0.25, -0.2) is 9.97 Å². The van der Waals surface area contributed by atoms with Gasteiger partial charge in [-0.05, 0) is 43.2 Å². The highest BCUT2D eigenvalue weighted by Crippen LogP contribution is 2.32. The molecular formula is C20H22ClN5. The molecule has 0 atom stereocenters. The van der Waals surface area contributed by atoms with Gasteiger partial charge >= 0.3 is 0 Å². The van der Waals surface area contributed by atoms with E-state index in [1.54, 1.807) is 0 Å². The summed E-state index contributed by atoms with van der Waals surface area (Å²) in [7, 11) is 0. The first kappa shape index (κ1) is 18.0. The molecule has 5 nitrogen and oxygen atoms in total. The van der Waals surface area contributed by atoms with Crippen LogP contribution in [0, 0.1) is 6.92 Å². The number of rotatable bonds is 6. The number of nitrogens with two attached hydrogens (primary N) is 1. The summed E-state index contributed by atoms with van der Waals surface area (Å²) in [6.07, 6.45) is 1.53. The van der Waals surface area contributed by atoms with Crippen LogP contribution in [0.4, 0.5) is 23.0 Å². The van der Waals surface area contributed by atoms with E-state index in [1.165, 1.54) is 11.9 Å². The Bertz CT molecular complexity index is 897. The second-order valence-corrected chi connectivity index (χ2v) is 6.39. The first-order chi connectivity index (χ1) is 12.6. The predicted molar refractivity (Wildman–Crippen MR) is 109 cm³/mol. The van der Waals surface area contributed by atoms with Crippen molar-refractivity contribution in [3.63, 3.8) is 0 Å². The van der Waals surface area contributed by atoms with Crippen molar-refractivity contribution in [1.82, 2.24) is 9.97 Å². The lowest BCUT2D eigenvalue weighted by Gasteiger charge is -2.24. The molecule has 1 aromatic heterocycles. The van der Waals surface area contributed by atoms with E-state index < -0.39 is 0 Å². The highest BCUT2D eigenvalue weighted by Gasteiger charge is 2.16. The zero-order valence-electron chi connectivity index (χ0n) is 14.9. The molecule has 134 valence electrons. The fourth-order valence-electron chi connectivity index (χ4n) is 2.81. The van der Waals surface area contributed by atoms with Crippen molar-refractivity contribution in [1.29, 1.82) is 0 Å². The van der Waals surface area contributed by atoms with E-state index in [2.05, 4.69) is 52.2 Å². The van der Waals surface area contributed by atoms with Crippen LogP contribution >= 0.6 is 11.6 Å². The predicted octanol–water partition coefficient (Wildman–Crippen LogP) is 4.79. The van der Waals surface area contributed by atoms with Crippen LogP contribution in [0.3, 0.4) is 0 Å². The Balaban J connectivity index is 1.87. The molecule has 0 aliphatic rings. The molecule has 0 saturated heterocycles. The van der Waals surface area contributed by atoms with E-state index in [0.717, 1.165) is 17.8 Å². The number of nitrogen functional groups attached to an aromatic ring is 1. The highest BCUT2D eigenvalue weighted by molar-refractivity contribution is 6.31. The van der Waals surface area contributed by atoms with Crippen molar-refractivity contribution in [3.8, 4) is 0 Å². The molecule has 0 saturated carbocycles. The van der Waals surface area contributed by atoms with E-state index in [1.807, 2.05) is 30.3 Å². The average molecular weight is 368 g/mol. The molecule has 0 amide bonds. The summed E-state index contributed by atoms with van der Waals surface area (Å²) in [6, 6.07) is 16.0. The molecule has 26 heavy (non-hydrogen) atoms. The Morgan fingerprint density at radius 3 is 2.65 bits per heavy atom. The second kappa shape index (κ2) is 8.06. The van der Waals surface area contributed by atoms with Gasteiger partial charge in [-0.2, -0.15) is 0 Å². The maximum atomic E-state index is 6.38. The molecule has 0 bridgehead atoms. The molecule has 0 unspecified atom stereocenters. The molecule has 0 radical (unpaired) electrons. The smallest absolute Gasteiger partial charge is 0.161 e. The van der Waals surface area contributed by atoms with Gasteiger partial charge in [-0.15, -0.1) is 0 Å². The van der Waals surface area contributed by atoms with Gasteiger partial charge in [0, 0.05) is 23.8 Å². The molecule has 2 aromatic carbocycles. The number of aryl methyl sites for hydroxylation is 1. The summed E-state index contributed by atoms with van der Waals surface area (Å²) in [5.74, 6) is 1.29. The molecular weight excluding hydrogens is 346 g/mol. The maximum absolute atomic E-state index is 6.38. The SMILES string of the molecule is CCN(c1cccc(C)c1)c1ncnc(NCc2ccccc2Cl)c1N. The summed E-state index contributed by atoms with van der Waals surface area (Å²) in [5, 5.41) is 3.98. The summed E-state index contributed by atoms with van der Waals surface area (Å²) < 4.78 is 0. The molecule has 3 N–H and O–H groups in total. The summed E-state index contributed by atoms with van der Waals surface area (Å²) in [4.78, 5) is 10.8. The fraction of sp³-hybridized carbons (Fsp3) is 0.200. The number of halogens is 1. The third-order valence-electron chi connectivity index (χ3n) is 4.15. The first-order valence-electron chi connectivity index (χ1n) is 8.52. The molecule has 0 aliphatic carbocycles. The number of aromatic nitrogens is 2. The largest absolute Gasteiger partial charge is 0.393 e. The van der Waals surface area contributed by atoms with Crippen LogP contribution in [-0.2, 0) is 6.54 Å². The Kier molecular flexibility index (Phi) is 5.58. The molecule has 0 fully saturated rings. The van der Waals surface area contributed by atoms with Gasteiger partial charge in [0.2, 0.25) is 0 Å². The molecule has 0 aliphatic heterocycles. The number of benzene rings is 2. The van der Waals surface area contributed by atoms with Crippen LogP contribution in [-0.4, -0.2) is 16.5 Å². The van der Waals surface area contributed by atoms with Gasteiger partial charge in [0.1, 0.15) is 12.0 Å². The minimum Gasteiger partial charge on any atom is -0.393 e. The number of anilines is 4. The van der Waals surface area contributed by atoms with Gasteiger partial charge in [-0.1, -0.05) is 41.9 Å². The molecule has 3 rings (SSSR count). The van der Waals surface area contributed by atoms with Crippen LogP contribution < -0.4 is 16.0 Å². The Morgan fingerprint density at radius 1 is 1.12 bits per heavy atom. The Labute approximate surface area is 158 Å². The van der Waals surface area contributed by atoms with Crippen molar-refractivity contribution in [3.05, 3.63) is 71.0 Å². The van der Waals surface area contributed by atoms with Crippen LogP contribution in [0.1, 0.15) is 18.1 Å². The first-order valence-corrected chi connectivity index (χ1v) is 8.90. The van der Waals surface area contributed by atoms with Crippen molar-refractivity contribution in [2.45, 2.75) is 20.4 Å². The normalized spacial score (nSPS) is 10.6. The van der Waals surface area contributed by atoms with Crippen LogP contribution in [0.25, 0.3) is 0 Å². The van der Waals surface area contributed by atoms with Gasteiger partial charge < -0.3 is 16.0 Å². The minimum absolute atomic E-state index is 0.517. The lowest BCUT2D eigenvalue weighted by atomic mass is 10.2. The quantitative estimate of drug-likeness (QED) is 0.655. The zero-order valence-corrected chi connectivity index (χ0v) is 15.7. The number of nitrogens with one attached hydrogen (secondary N) is 1. The van der Waals surface area contributed by atoms with E-state index in [4.69, 9.17) is 17.3 Å². The monoisotopic (exact) mass is 367 g/mol. The van der Waals surface area contributed by atoms with Crippen LogP contribution in [0.2, 0.25) is 5.02 Å². The second-order valence-electron chi connectivity index (χ2n) is 5.99. The third-order valence-corrected chi connectivity index (χ3v) is 4.52. The van der Waals surface area contributed by atoms with Crippen molar-refractivity contribution < 1.29 is 0 Å². The van der Waals surface area contributed by atoms with Crippen LogP contribution in [0.5, 0.6) is 0 Å². The van der Waals surface area contributed by atoms with Gasteiger partial charge in [0.05, 0.1) is 0 Å². The average Bonchev–Trinajstić information content (AvgIpc) is 2.64. The molecule has 3 aromatic rings. The van der Waals surface area contributed by atoms with Gasteiger partial charge in [-0.3, -0.25) is 0 Å². The Morgan fingerprint density at radius 2 is 1.92 bits per heavy atom. The van der Waals surface area contributed by atoms with Crippen molar-refractivity contribution in [2.75, 3.05) is 22.5 Å². The molecule has 0 spiro atoms. The third kappa shape index (κ3) is 3.89. The minimum atomic E-state index is 0.517. The fourth-order valence-corrected chi connectivity index (χ4v) is 3.02. The zero-order chi connectivity index (χ0) is 18.5. The van der Waals surface area contributed by atoms with Crippen molar-refractivity contribution in [2.24, 2.45) is 0 Å². The van der Waals surface area contributed by atoms with Crippen LogP contribution in [0.15, 0.2) is 54.9 Å². The van der Waals surface area contributed by atoms with E-state index in [9.17, 15) is 0 Å². The highest BCUT2D eigenvalue weighted by atomic mass is 35.5. The summed E-state index contributed by atoms with van der Waals surface area (Å²) >= 11 is 6.22. The number of hydrogen-bond donors (Lipinski definition) is 2. The van der Waals surface area contributed by atoms with Gasteiger partial charge in [0.15, 0.2) is 11.6 Å². The lowest BCUT2D eigenvalue weighted by molar-refractivity contribution is 0.974. The Hall–Kier alpha value is -2.79. The number of nitrogens with zero attached hydrogens (tertiary/aromatic N) is 3. The van der Waals surface area contributed by atoms with Crippen molar-refractivity contribution >= 4 is 34.6 Å². The molecule has 6 heteroatoms. The summed E-state index contributed by atoms with van der Waals surface area (Å²) in [5.41, 5.74) is 10.1. The standard InChI is InChI=1S/C20H22ClN5/c1-3-26(16-9-6-7-14(2)11-16)20-18(22)19(24-13-25-20)23-12-15-8-4-5-10-17(15)21/h4-11,13H,3,12,22H2,1-2H3,(H,23,24,25).